The molecule has 1 aromatic rings. The Morgan fingerprint density at radius 3 is 2.46 bits per heavy atom. The van der Waals surface area contributed by atoms with Gasteiger partial charge in [0, 0.05) is 71.8 Å². The first kappa shape index (κ1) is 21.5. The van der Waals surface area contributed by atoms with Crippen molar-refractivity contribution in [2.24, 2.45) is 10.4 Å². The van der Waals surface area contributed by atoms with Crippen molar-refractivity contribution in [2.75, 3.05) is 64.3 Å². The Bertz CT molecular complexity index is 625. The van der Waals surface area contributed by atoms with E-state index >= 15 is 0 Å². The average Bonchev–Trinajstić information content (AvgIpc) is 3.36. The lowest BCUT2D eigenvalue weighted by Gasteiger charge is -2.35. The van der Waals surface area contributed by atoms with Crippen LogP contribution in [0.2, 0.25) is 0 Å². The summed E-state index contributed by atoms with van der Waals surface area (Å²) < 4.78 is 0. The van der Waals surface area contributed by atoms with Crippen LogP contribution in [0.1, 0.15) is 32.1 Å². The summed E-state index contributed by atoms with van der Waals surface area (Å²) in [7, 11) is 1.92. The van der Waals surface area contributed by atoms with Gasteiger partial charge in [0.2, 0.25) is 5.95 Å². The first-order chi connectivity index (χ1) is 13.3. The van der Waals surface area contributed by atoms with E-state index < -0.39 is 0 Å². The van der Waals surface area contributed by atoms with Gasteiger partial charge in [-0.3, -0.25) is 9.89 Å². The van der Waals surface area contributed by atoms with Crippen molar-refractivity contribution in [3.8, 4) is 0 Å². The molecule has 1 saturated carbocycles. The quantitative estimate of drug-likeness (QED) is 0.389. The zero-order valence-electron chi connectivity index (χ0n) is 17.0. The molecule has 28 heavy (non-hydrogen) atoms. The van der Waals surface area contributed by atoms with E-state index in [1.807, 2.05) is 25.5 Å². The van der Waals surface area contributed by atoms with Crippen LogP contribution in [0.15, 0.2) is 23.5 Å². The maximum atomic E-state index is 4.55. The Balaban J connectivity index is 0.00000225. The molecule has 7 nitrogen and oxygen atoms in total. The largest absolute Gasteiger partial charge is 0.355 e. The number of likely N-dealkylation sites (tertiary alicyclic amines) is 1. The number of rotatable bonds is 4. The van der Waals surface area contributed by atoms with Gasteiger partial charge in [-0.25, -0.2) is 9.97 Å². The second kappa shape index (κ2) is 10.0. The Morgan fingerprint density at radius 2 is 1.79 bits per heavy atom. The molecule has 0 bridgehead atoms. The second-order valence-corrected chi connectivity index (χ2v) is 8.23. The summed E-state index contributed by atoms with van der Waals surface area (Å²) in [4.78, 5) is 20.5. The molecule has 1 N–H and O–H groups in total. The predicted octanol–water partition coefficient (Wildman–Crippen LogP) is 2.06. The lowest BCUT2D eigenvalue weighted by Crippen LogP contribution is -2.50. The van der Waals surface area contributed by atoms with Crippen LogP contribution in [0, 0.1) is 5.41 Å². The second-order valence-electron chi connectivity index (χ2n) is 8.23. The van der Waals surface area contributed by atoms with E-state index in [1.54, 1.807) is 0 Å². The SMILES string of the molecule is CN=C(NCCN1CCN(c2ncccn2)CC1)N1CCC2(CCCC2)C1.I. The van der Waals surface area contributed by atoms with Crippen LogP contribution in [0.25, 0.3) is 0 Å². The third-order valence-corrected chi connectivity index (χ3v) is 6.53. The normalized spacial score (nSPS) is 22.5. The molecule has 0 radical (unpaired) electrons. The van der Waals surface area contributed by atoms with E-state index in [9.17, 15) is 0 Å². The molecule has 3 heterocycles. The smallest absolute Gasteiger partial charge is 0.225 e. The molecular formula is C20H34IN7. The third-order valence-electron chi connectivity index (χ3n) is 6.53. The maximum absolute atomic E-state index is 4.55. The predicted molar refractivity (Wildman–Crippen MR) is 125 cm³/mol. The van der Waals surface area contributed by atoms with Crippen molar-refractivity contribution in [1.82, 2.24) is 25.1 Å². The monoisotopic (exact) mass is 499 g/mol. The number of anilines is 1. The highest BCUT2D eigenvalue weighted by atomic mass is 127. The molecule has 156 valence electrons. The summed E-state index contributed by atoms with van der Waals surface area (Å²) in [6.45, 7) is 8.48. The van der Waals surface area contributed by atoms with Gasteiger partial charge in [0.1, 0.15) is 0 Å². The number of aliphatic imine (C=N–C) groups is 1. The number of piperazine rings is 1. The Morgan fingerprint density at radius 1 is 1.07 bits per heavy atom. The number of hydrogen-bond donors (Lipinski definition) is 1. The van der Waals surface area contributed by atoms with Crippen LogP contribution < -0.4 is 10.2 Å². The van der Waals surface area contributed by atoms with Crippen LogP contribution in [0.4, 0.5) is 5.95 Å². The summed E-state index contributed by atoms with van der Waals surface area (Å²) >= 11 is 0. The topological polar surface area (TPSA) is 59.9 Å². The first-order valence-electron chi connectivity index (χ1n) is 10.5. The highest BCUT2D eigenvalue weighted by Gasteiger charge is 2.41. The van der Waals surface area contributed by atoms with Gasteiger partial charge in [-0.15, -0.1) is 24.0 Å². The molecular weight excluding hydrogens is 465 g/mol. The molecule has 3 aliphatic rings. The van der Waals surface area contributed by atoms with Crippen LogP contribution in [-0.4, -0.2) is 85.1 Å². The Kier molecular flexibility index (Phi) is 7.73. The van der Waals surface area contributed by atoms with E-state index in [4.69, 9.17) is 0 Å². The highest BCUT2D eigenvalue weighted by molar-refractivity contribution is 14.0. The van der Waals surface area contributed by atoms with E-state index in [0.29, 0.717) is 5.41 Å². The summed E-state index contributed by atoms with van der Waals surface area (Å²) in [6, 6.07) is 1.87. The van der Waals surface area contributed by atoms with Crippen molar-refractivity contribution in [3.05, 3.63) is 18.5 Å². The molecule has 0 amide bonds. The zero-order valence-corrected chi connectivity index (χ0v) is 19.3. The number of guanidine groups is 1. The fourth-order valence-corrected chi connectivity index (χ4v) is 4.93. The molecule has 0 unspecified atom stereocenters. The van der Waals surface area contributed by atoms with Gasteiger partial charge in [0.15, 0.2) is 5.96 Å². The standard InChI is InChI=1S/C20H33N7.HI/c1-21-18(27-11-7-20(17-27)5-2-3-6-20)24-10-12-25-13-15-26(16-14-25)19-22-8-4-9-23-19;/h4,8-9H,2-3,5-7,10-17H2,1H3,(H,21,24);1H. The van der Waals surface area contributed by atoms with Crippen molar-refractivity contribution in [2.45, 2.75) is 32.1 Å². The van der Waals surface area contributed by atoms with E-state index in [0.717, 1.165) is 57.7 Å². The minimum atomic E-state index is 0. The molecule has 3 fully saturated rings. The van der Waals surface area contributed by atoms with E-state index in [-0.39, 0.29) is 24.0 Å². The number of aromatic nitrogens is 2. The van der Waals surface area contributed by atoms with Crippen LogP contribution in [0.3, 0.4) is 0 Å². The van der Waals surface area contributed by atoms with E-state index in [1.165, 1.54) is 38.6 Å². The van der Waals surface area contributed by atoms with Crippen molar-refractivity contribution in [1.29, 1.82) is 0 Å². The van der Waals surface area contributed by atoms with E-state index in [2.05, 4.69) is 35.0 Å². The number of halogens is 1. The lowest BCUT2D eigenvalue weighted by atomic mass is 9.86. The summed E-state index contributed by atoms with van der Waals surface area (Å²) in [5.74, 6) is 1.95. The van der Waals surface area contributed by atoms with Crippen LogP contribution in [0.5, 0.6) is 0 Å². The molecule has 0 aromatic carbocycles. The fraction of sp³-hybridized carbons (Fsp3) is 0.750. The van der Waals surface area contributed by atoms with Gasteiger partial charge in [-0.2, -0.15) is 0 Å². The zero-order chi connectivity index (χ0) is 18.5. The molecule has 1 aromatic heterocycles. The number of nitrogens with zero attached hydrogens (tertiary/aromatic N) is 6. The molecule has 0 atom stereocenters. The molecule has 8 heteroatoms. The minimum absolute atomic E-state index is 0. The third kappa shape index (κ3) is 5.06. The molecule has 2 saturated heterocycles. The lowest BCUT2D eigenvalue weighted by molar-refractivity contribution is 0.258. The van der Waals surface area contributed by atoms with Crippen LogP contribution >= 0.6 is 24.0 Å². The van der Waals surface area contributed by atoms with Gasteiger partial charge < -0.3 is 15.1 Å². The summed E-state index contributed by atoms with van der Waals surface area (Å²) in [6.07, 6.45) is 10.6. The van der Waals surface area contributed by atoms with Crippen LogP contribution in [-0.2, 0) is 0 Å². The molecule has 1 spiro atoms. The molecule has 1 aliphatic carbocycles. The molecule has 2 aliphatic heterocycles. The van der Waals surface area contributed by atoms with Gasteiger partial charge >= 0.3 is 0 Å². The minimum Gasteiger partial charge on any atom is -0.355 e. The number of hydrogen-bond acceptors (Lipinski definition) is 5. The van der Waals surface area contributed by atoms with Gasteiger partial charge in [0.05, 0.1) is 0 Å². The van der Waals surface area contributed by atoms with Crippen molar-refractivity contribution >= 4 is 35.9 Å². The Labute approximate surface area is 186 Å². The summed E-state index contributed by atoms with van der Waals surface area (Å²) in [5, 5.41) is 3.60. The van der Waals surface area contributed by atoms with Gasteiger partial charge in [0.25, 0.3) is 0 Å². The Hall–Kier alpha value is -1.16. The maximum Gasteiger partial charge on any atom is 0.225 e. The number of nitrogens with one attached hydrogen (secondary N) is 1. The van der Waals surface area contributed by atoms with Crippen molar-refractivity contribution in [3.63, 3.8) is 0 Å². The van der Waals surface area contributed by atoms with Gasteiger partial charge in [-0.1, -0.05) is 12.8 Å². The first-order valence-corrected chi connectivity index (χ1v) is 10.5. The fourth-order valence-electron chi connectivity index (χ4n) is 4.93. The highest BCUT2D eigenvalue weighted by Crippen LogP contribution is 2.45. The van der Waals surface area contributed by atoms with Crippen molar-refractivity contribution < 1.29 is 0 Å². The average molecular weight is 499 g/mol. The summed E-state index contributed by atoms with van der Waals surface area (Å²) in [5.41, 5.74) is 0.591. The van der Waals surface area contributed by atoms with Gasteiger partial charge in [-0.05, 0) is 30.7 Å². The molecule has 4 rings (SSSR count).